The number of hydrogen-bond donors (Lipinski definition) is 2. The molecule has 1 amide bonds. The number of ether oxygens (including phenoxy) is 1. The zero-order valence-electron chi connectivity index (χ0n) is 10.4. The molecule has 3 N–H and O–H groups in total. The van der Waals surface area contributed by atoms with Gasteiger partial charge in [0.2, 0.25) is 5.91 Å². The molecule has 0 bridgehead atoms. The van der Waals surface area contributed by atoms with E-state index in [0.29, 0.717) is 13.1 Å². The Morgan fingerprint density at radius 1 is 1.71 bits per heavy atom. The fraction of sp³-hybridized carbons (Fsp3) is 0.818. The molecule has 1 aliphatic heterocycles. The lowest BCUT2D eigenvalue weighted by molar-refractivity contribution is -0.134. The average Bonchev–Trinajstić information content (AvgIpc) is 2.85. The van der Waals surface area contributed by atoms with Crippen LogP contribution in [-0.4, -0.2) is 47.7 Å². The van der Waals surface area contributed by atoms with Gasteiger partial charge in [0.15, 0.2) is 5.84 Å². The minimum atomic E-state index is -0.596. The number of rotatable bonds is 5. The molecule has 0 aromatic heterocycles. The zero-order chi connectivity index (χ0) is 12.8. The third-order valence-corrected chi connectivity index (χ3v) is 3.07. The molecule has 6 heteroatoms. The van der Waals surface area contributed by atoms with Gasteiger partial charge in [-0.3, -0.25) is 4.79 Å². The van der Waals surface area contributed by atoms with Crippen molar-refractivity contribution in [2.75, 3.05) is 19.7 Å². The van der Waals surface area contributed by atoms with Crippen LogP contribution in [0.1, 0.15) is 26.7 Å². The SMILES string of the molecule is CCN(CC1CCCO1)C(=O)C(C)C(N)=NO. The number of nitrogens with two attached hydrogens (primary N) is 1. The highest BCUT2D eigenvalue weighted by Gasteiger charge is 2.26. The van der Waals surface area contributed by atoms with Crippen molar-refractivity contribution < 1.29 is 14.7 Å². The van der Waals surface area contributed by atoms with E-state index in [0.717, 1.165) is 19.4 Å². The molecule has 1 fully saturated rings. The predicted octanol–water partition coefficient (Wildman–Crippen LogP) is 0.396. The van der Waals surface area contributed by atoms with Crippen molar-refractivity contribution >= 4 is 11.7 Å². The third-order valence-electron chi connectivity index (χ3n) is 3.07. The molecule has 0 radical (unpaired) electrons. The molecule has 0 spiro atoms. The first-order chi connectivity index (χ1) is 8.10. The van der Waals surface area contributed by atoms with Gasteiger partial charge in [-0.25, -0.2) is 0 Å². The average molecular weight is 243 g/mol. The Bertz CT molecular complexity index is 288. The molecular formula is C11H21N3O3. The summed E-state index contributed by atoms with van der Waals surface area (Å²) < 4.78 is 5.50. The van der Waals surface area contributed by atoms with E-state index in [1.165, 1.54) is 0 Å². The van der Waals surface area contributed by atoms with Gasteiger partial charge in [-0.2, -0.15) is 0 Å². The lowest BCUT2D eigenvalue weighted by Crippen LogP contribution is -2.43. The van der Waals surface area contributed by atoms with E-state index in [2.05, 4.69) is 5.16 Å². The summed E-state index contributed by atoms with van der Waals surface area (Å²) >= 11 is 0. The maximum atomic E-state index is 12.1. The maximum Gasteiger partial charge on any atom is 0.233 e. The molecule has 2 atom stereocenters. The van der Waals surface area contributed by atoms with Crippen LogP contribution >= 0.6 is 0 Å². The molecule has 1 rings (SSSR count). The number of amides is 1. The lowest BCUT2D eigenvalue weighted by Gasteiger charge is -2.26. The van der Waals surface area contributed by atoms with Crippen molar-refractivity contribution in [3.05, 3.63) is 0 Å². The van der Waals surface area contributed by atoms with Crippen molar-refractivity contribution in [1.82, 2.24) is 4.90 Å². The minimum Gasteiger partial charge on any atom is -0.409 e. The van der Waals surface area contributed by atoms with Crippen LogP contribution in [0.5, 0.6) is 0 Å². The number of oxime groups is 1. The molecule has 6 nitrogen and oxygen atoms in total. The first kappa shape index (κ1) is 13.8. The Morgan fingerprint density at radius 2 is 2.41 bits per heavy atom. The van der Waals surface area contributed by atoms with E-state index in [9.17, 15) is 4.79 Å². The molecular weight excluding hydrogens is 222 g/mol. The van der Waals surface area contributed by atoms with Gasteiger partial charge in [0.25, 0.3) is 0 Å². The molecule has 98 valence electrons. The summed E-state index contributed by atoms with van der Waals surface area (Å²) in [6.45, 7) is 5.49. The van der Waals surface area contributed by atoms with Gasteiger partial charge in [-0.05, 0) is 26.7 Å². The van der Waals surface area contributed by atoms with Crippen LogP contribution in [0.2, 0.25) is 0 Å². The number of hydrogen-bond acceptors (Lipinski definition) is 4. The maximum absolute atomic E-state index is 12.1. The second-order valence-corrected chi connectivity index (χ2v) is 4.26. The van der Waals surface area contributed by atoms with Gasteiger partial charge in [-0.1, -0.05) is 5.16 Å². The predicted molar refractivity (Wildman–Crippen MR) is 63.8 cm³/mol. The summed E-state index contributed by atoms with van der Waals surface area (Å²) in [5.74, 6) is -0.777. The van der Waals surface area contributed by atoms with Crippen LogP contribution in [0, 0.1) is 5.92 Å². The molecule has 1 heterocycles. The summed E-state index contributed by atoms with van der Waals surface area (Å²) in [5, 5.41) is 11.4. The second-order valence-electron chi connectivity index (χ2n) is 4.26. The van der Waals surface area contributed by atoms with Crippen molar-refractivity contribution in [2.45, 2.75) is 32.8 Å². The summed E-state index contributed by atoms with van der Waals surface area (Å²) in [6.07, 6.45) is 2.16. The second kappa shape index (κ2) is 6.44. The van der Waals surface area contributed by atoms with Crippen LogP contribution in [0.3, 0.4) is 0 Å². The number of amidine groups is 1. The van der Waals surface area contributed by atoms with E-state index in [-0.39, 0.29) is 17.8 Å². The fourth-order valence-corrected chi connectivity index (χ4v) is 1.90. The molecule has 0 aromatic rings. The van der Waals surface area contributed by atoms with Crippen molar-refractivity contribution in [3.8, 4) is 0 Å². The Labute approximate surface area is 101 Å². The van der Waals surface area contributed by atoms with E-state index >= 15 is 0 Å². The van der Waals surface area contributed by atoms with Crippen LogP contribution in [0.25, 0.3) is 0 Å². The molecule has 0 saturated carbocycles. The van der Waals surface area contributed by atoms with Gasteiger partial charge < -0.3 is 20.6 Å². The molecule has 0 aliphatic carbocycles. The highest BCUT2D eigenvalue weighted by Crippen LogP contribution is 2.14. The van der Waals surface area contributed by atoms with Gasteiger partial charge in [0, 0.05) is 19.7 Å². The van der Waals surface area contributed by atoms with Crippen LogP contribution in [0.4, 0.5) is 0 Å². The van der Waals surface area contributed by atoms with E-state index < -0.39 is 5.92 Å². The first-order valence-electron chi connectivity index (χ1n) is 5.98. The smallest absolute Gasteiger partial charge is 0.233 e. The number of likely N-dealkylation sites (N-methyl/N-ethyl adjacent to an activating group) is 1. The molecule has 17 heavy (non-hydrogen) atoms. The van der Waals surface area contributed by atoms with Crippen LogP contribution in [-0.2, 0) is 9.53 Å². The third kappa shape index (κ3) is 3.59. The Balaban J connectivity index is 2.56. The summed E-state index contributed by atoms with van der Waals surface area (Å²) in [5.41, 5.74) is 5.44. The normalized spacial score (nSPS) is 22.5. The van der Waals surface area contributed by atoms with Crippen molar-refractivity contribution in [3.63, 3.8) is 0 Å². The van der Waals surface area contributed by atoms with Crippen molar-refractivity contribution in [1.29, 1.82) is 0 Å². The fourth-order valence-electron chi connectivity index (χ4n) is 1.90. The van der Waals surface area contributed by atoms with Gasteiger partial charge >= 0.3 is 0 Å². The van der Waals surface area contributed by atoms with Crippen molar-refractivity contribution in [2.24, 2.45) is 16.8 Å². The van der Waals surface area contributed by atoms with Gasteiger partial charge in [0.05, 0.1) is 12.0 Å². The Morgan fingerprint density at radius 3 is 2.88 bits per heavy atom. The van der Waals surface area contributed by atoms with Gasteiger partial charge in [0.1, 0.15) is 0 Å². The summed E-state index contributed by atoms with van der Waals surface area (Å²) in [7, 11) is 0. The highest BCUT2D eigenvalue weighted by molar-refractivity contribution is 6.01. The van der Waals surface area contributed by atoms with Crippen LogP contribution < -0.4 is 5.73 Å². The lowest BCUT2D eigenvalue weighted by atomic mass is 10.1. The Kier molecular flexibility index (Phi) is 5.21. The Hall–Kier alpha value is -1.30. The van der Waals surface area contributed by atoms with E-state index in [1.54, 1.807) is 11.8 Å². The number of nitrogens with zero attached hydrogens (tertiary/aromatic N) is 2. The standard InChI is InChI=1S/C11H21N3O3/c1-3-14(7-9-5-4-6-17-9)11(15)8(2)10(12)13-16/h8-9,16H,3-7H2,1-2H3,(H2,12,13). The topological polar surface area (TPSA) is 88.2 Å². The summed E-state index contributed by atoms with van der Waals surface area (Å²) in [6, 6.07) is 0. The highest BCUT2D eigenvalue weighted by atomic mass is 16.5. The first-order valence-corrected chi connectivity index (χ1v) is 5.98. The number of carbonyl (C=O) groups is 1. The number of carbonyl (C=O) groups excluding carboxylic acids is 1. The van der Waals surface area contributed by atoms with Crippen LogP contribution in [0.15, 0.2) is 5.16 Å². The molecule has 1 saturated heterocycles. The quantitative estimate of drug-likeness (QED) is 0.316. The minimum absolute atomic E-state index is 0.0548. The zero-order valence-corrected chi connectivity index (χ0v) is 10.4. The molecule has 2 unspecified atom stereocenters. The molecule has 0 aromatic carbocycles. The van der Waals surface area contributed by atoms with E-state index in [1.807, 2.05) is 6.92 Å². The van der Waals surface area contributed by atoms with Gasteiger partial charge in [-0.15, -0.1) is 0 Å². The summed E-state index contributed by atoms with van der Waals surface area (Å²) in [4.78, 5) is 13.8. The monoisotopic (exact) mass is 243 g/mol. The largest absolute Gasteiger partial charge is 0.409 e. The van der Waals surface area contributed by atoms with E-state index in [4.69, 9.17) is 15.7 Å². The molecule has 1 aliphatic rings.